The minimum Gasteiger partial charge on any atom is -0.339 e. The Bertz CT molecular complexity index is 1070. The van der Waals surface area contributed by atoms with E-state index in [4.69, 9.17) is 0 Å². The lowest BCUT2D eigenvalue weighted by molar-refractivity contribution is -0.140. The van der Waals surface area contributed by atoms with E-state index >= 15 is 0 Å². The van der Waals surface area contributed by atoms with E-state index < -0.39 is 0 Å². The summed E-state index contributed by atoms with van der Waals surface area (Å²) in [5.74, 6) is -0.516. The molecule has 0 aliphatic carbocycles. The smallest absolute Gasteiger partial charge is 0.253 e. The van der Waals surface area contributed by atoms with Crippen LogP contribution in [0.5, 0.6) is 0 Å². The molecule has 3 heterocycles. The molecule has 178 valence electrons. The van der Waals surface area contributed by atoms with Crippen molar-refractivity contribution in [1.82, 2.24) is 20.1 Å². The van der Waals surface area contributed by atoms with E-state index in [2.05, 4.69) is 10.3 Å². The molecule has 2 aromatic rings. The highest BCUT2D eigenvalue weighted by atomic mass is 16.2. The average molecular weight is 462 g/mol. The molecule has 34 heavy (non-hydrogen) atoms. The molecule has 2 aromatic carbocycles. The van der Waals surface area contributed by atoms with Crippen LogP contribution in [0.4, 0.5) is 5.69 Å². The number of carbonyl (C=O) groups excluding carboxylic acids is 3. The van der Waals surface area contributed by atoms with Gasteiger partial charge in [-0.1, -0.05) is 35.9 Å². The summed E-state index contributed by atoms with van der Waals surface area (Å²) in [7, 11) is 1.97. The molecule has 1 N–H and O–H groups in total. The van der Waals surface area contributed by atoms with Crippen LogP contribution < -0.4 is 10.4 Å². The Labute approximate surface area is 200 Å². The maximum Gasteiger partial charge on any atom is 0.253 e. The molecule has 0 bridgehead atoms. The second kappa shape index (κ2) is 9.19. The molecule has 3 aliphatic rings. The summed E-state index contributed by atoms with van der Waals surface area (Å²) in [4.78, 5) is 45.4. The highest BCUT2D eigenvalue weighted by molar-refractivity contribution is 5.98. The van der Waals surface area contributed by atoms with E-state index in [1.165, 1.54) is 0 Å². The van der Waals surface area contributed by atoms with Gasteiger partial charge in [0.15, 0.2) is 0 Å². The van der Waals surface area contributed by atoms with Crippen molar-refractivity contribution in [2.45, 2.75) is 13.0 Å². The predicted molar refractivity (Wildman–Crippen MR) is 129 cm³/mol. The van der Waals surface area contributed by atoms with Crippen LogP contribution in [-0.4, -0.2) is 84.8 Å². The number of aryl methyl sites for hydroxylation is 1. The second-order valence-electron chi connectivity index (χ2n) is 9.58. The Balaban J connectivity index is 1.26. The number of nitrogens with zero attached hydrogens (tertiary/aromatic N) is 4. The fourth-order valence-corrected chi connectivity index (χ4v) is 5.30. The fourth-order valence-electron chi connectivity index (χ4n) is 5.30. The van der Waals surface area contributed by atoms with Crippen LogP contribution in [-0.2, 0) is 9.59 Å². The first-order chi connectivity index (χ1) is 16.4. The van der Waals surface area contributed by atoms with Gasteiger partial charge in [-0.25, -0.2) is 10.4 Å². The third-order valence-electron chi connectivity index (χ3n) is 7.21. The summed E-state index contributed by atoms with van der Waals surface area (Å²) in [6.07, 6.45) is 0. The van der Waals surface area contributed by atoms with Crippen molar-refractivity contribution in [3.63, 3.8) is 0 Å². The lowest BCUT2D eigenvalue weighted by Gasteiger charge is -2.41. The highest BCUT2D eigenvalue weighted by Gasteiger charge is 2.51. The molecule has 0 aromatic heterocycles. The van der Waals surface area contributed by atoms with Gasteiger partial charge in [0, 0.05) is 44.8 Å². The lowest BCUT2D eigenvalue weighted by Crippen LogP contribution is -2.59. The van der Waals surface area contributed by atoms with Crippen molar-refractivity contribution >= 4 is 23.4 Å². The molecule has 0 radical (unpaired) electrons. The monoisotopic (exact) mass is 461 g/mol. The second-order valence-corrected chi connectivity index (χ2v) is 9.58. The van der Waals surface area contributed by atoms with Gasteiger partial charge >= 0.3 is 0 Å². The van der Waals surface area contributed by atoms with Crippen LogP contribution in [0, 0.1) is 18.8 Å². The lowest BCUT2D eigenvalue weighted by atomic mass is 9.84. The SMILES string of the molecule is Cc1ccc(C(=O)N2CCN(C(=O)C3CN(C)CC4C(=O)N(c5ccccc5)NC34)CC2)cc1. The first-order valence-electron chi connectivity index (χ1n) is 11.9. The van der Waals surface area contributed by atoms with Gasteiger partial charge in [-0.3, -0.25) is 14.4 Å². The van der Waals surface area contributed by atoms with Crippen molar-refractivity contribution in [2.75, 3.05) is 51.3 Å². The third kappa shape index (κ3) is 4.19. The Kier molecular flexibility index (Phi) is 6.10. The van der Waals surface area contributed by atoms with Crippen LogP contribution in [0.3, 0.4) is 0 Å². The Morgan fingerprint density at radius 2 is 1.53 bits per heavy atom. The van der Waals surface area contributed by atoms with Gasteiger partial charge in [0.05, 0.1) is 23.6 Å². The Morgan fingerprint density at radius 1 is 0.882 bits per heavy atom. The van der Waals surface area contributed by atoms with Gasteiger partial charge in [-0.05, 0) is 38.2 Å². The molecule has 3 fully saturated rings. The standard InChI is InChI=1S/C26H31N5O3/c1-18-8-10-19(11-9-18)24(32)29-12-14-30(15-13-29)25(33)21-16-28(2)17-22-23(21)27-31(26(22)34)20-6-4-3-5-7-20/h3-11,21-23,27H,12-17H2,1-2H3. The molecule has 3 amide bonds. The largest absolute Gasteiger partial charge is 0.339 e. The molecule has 8 heteroatoms. The fraction of sp³-hybridized carbons (Fsp3) is 0.423. The normalized spacial score (nSPS) is 25.4. The summed E-state index contributed by atoms with van der Waals surface area (Å²) >= 11 is 0. The number of hydrogen-bond acceptors (Lipinski definition) is 5. The molecule has 0 saturated carbocycles. The van der Waals surface area contributed by atoms with E-state index in [0.29, 0.717) is 44.8 Å². The highest BCUT2D eigenvalue weighted by Crippen LogP contribution is 2.32. The number of piperidine rings is 1. The number of benzene rings is 2. The van der Waals surface area contributed by atoms with E-state index in [9.17, 15) is 14.4 Å². The maximum atomic E-state index is 13.6. The Morgan fingerprint density at radius 3 is 2.21 bits per heavy atom. The minimum absolute atomic E-state index is 0.00567. The molecule has 3 saturated heterocycles. The first-order valence-corrected chi connectivity index (χ1v) is 11.9. The summed E-state index contributed by atoms with van der Waals surface area (Å²) in [6.45, 7) is 5.26. The number of carbonyl (C=O) groups is 3. The topological polar surface area (TPSA) is 76.2 Å². The van der Waals surface area contributed by atoms with Gasteiger partial charge in [0.25, 0.3) is 5.91 Å². The van der Waals surface area contributed by atoms with Gasteiger partial charge in [-0.15, -0.1) is 0 Å². The maximum absolute atomic E-state index is 13.6. The van der Waals surface area contributed by atoms with E-state index in [-0.39, 0.29) is 35.6 Å². The number of amides is 3. The quantitative estimate of drug-likeness (QED) is 0.748. The van der Waals surface area contributed by atoms with Crippen molar-refractivity contribution in [3.05, 3.63) is 65.7 Å². The number of para-hydroxylation sites is 1. The number of fused-ring (bicyclic) bond motifs is 1. The average Bonchev–Trinajstić information content (AvgIpc) is 3.20. The number of nitrogens with one attached hydrogen (secondary N) is 1. The van der Waals surface area contributed by atoms with Gasteiger partial charge < -0.3 is 14.7 Å². The number of anilines is 1. The van der Waals surface area contributed by atoms with E-state index in [1.54, 1.807) is 5.01 Å². The molecule has 3 atom stereocenters. The summed E-state index contributed by atoms with van der Waals surface area (Å²) in [6, 6.07) is 16.9. The molecule has 3 aliphatic heterocycles. The number of hydrogen-bond donors (Lipinski definition) is 1. The van der Waals surface area contributed by atoms with Crippen LogP contribution in [0.1, 0.15) is 15.9 Å². The minimum atomic E-state index is -0.319. The summed E-state index contributed by atoms with van der Waals surface area (Å²) in [5, 5.41) is 1.60. The molecule has 0 spiro atoms. The molecular weight excluding hydrogens is 430 g/mol. The zero-order valence-corrected chi connectivity index (χ0v) is 19.7. The van der Waals surface area contributed by atoms with Crippen molar-refractivity contribution < 1.29 is 14.4 Å². The van der Waals surface area contributed by atoms with Crippen LogP contribution in [0.25, 0.3) is 0 Å². The molecule has 8 nitrogen and oxygen atoms in total. The zero-order chi connectivity index (χ0) is 23.8. The zero-order valence-electron chi connectivity index (χ0n) is 19.7. The van der Waals surface area contributed by atoms with Crippen LogP contribution >= 0.6 is 0 Å². The number of likely N-dealkylation sites (tertiary alicyclic amines) is 1. The molecular formula is C26H31N5O3. The number of hydrazine groups is 1. The molecule has 5 rings (SSSR count). The first kappa shape index (κ1) is 22.6. The number of piperazine rings is 1. The van der Waals surface area contributed by atoms with Gasteiger partial charge in [0.1, 0.15) is 0 Å². The molecule has 3 unspecified atom stereocenters. The van der Waals surface area contributed by atoms with Crippen LogP contribution in [0.2, 0.25) is 0 Å². The van der Waals surface area contributed by atoms with E-state index in [0.717, 1.165) is 11.3 Å². The summed E-state index contributed by atoms with van der Waals surface area (Å²) < 4.78 is 0. The number of rotatable bonds is 3. The van der Waals surface area contributed by atoms with Gasteiger partial charge in [0.2, 0.25) is 11.8 Å². The van der Waals surface area contributed by atoms with Crippen molar-refractivity contribution in [3.8, 4) is 0 Å². The van der Waals surface area contributed by atoms with Crippen molar-refractivity contribution in [1.29, 1.82) is 0 Å². The summed E-state index contributed by atoms with van der Waals surface area (Å²) in [5.41, 5.74) is 5.93. The Hall–Kier alpha value is -3.23. The third-order valence-corrected chi connectivity index (χ3v) is 7.21. The predicted octanol–water partition coefficient (Wildman–Crippen LogP) is 1.38. The van der Waals surface area contributed by atoms with E-state index in [1.807, 2.05) is 78.4 Å². The van der Waals surface area contributed by atoms with Crippen molar-refractivity contribution in [2.24, 2.45) is 11.8 Å². The van der Waals surface area contributed by atoms with Crippen LogP contribution in [0.15, 0.2) is 54.6 Å². The van der Waals surface area contributed by atoms with Gasteiger partial charge in [-0.2, -0.15) is 0 Å².